The van der Waals surface area contributed by atoms with E-state index in [1.165, 1.54) is 34.4 Å². The van der Waals surface area contributed by atoms with Crippen LogP contribution in [0.1, 0.15) is 16.5 Å². The van der Waals surface area contributed by atoms with Crippen LogP contribution in [0.2, 0.25) is 0 Å². The highest BCUT2D eigenvalue weighted by molar-refractivity contribution is 8.05. The summed E-state index contributed by atoms with van der Waals surface area (Å²) in [7, 11) is 0. The van der Waals surface area contributed by atoms with Gasteiger partial charge in [-0.1, -0.05) is 59.5 Å². The fraction of sp³-hybridized carbons (Fsp3) is 0.0435. The number of thiazole rings is 1. The number of nitro benzene ring substituents is 2. The molecule has 11 heteroatoms. The van der Waals surface area contributed by atoms with Crippen molar-refractivity contribution in [3.8, 4) is 0 Å². The van der Waals surface area contributed by atoms with Crippen molar-refractivity contribution < 1.29 is 14.6 Å². The van der Waals surface area contributed by atoms with Gasteiger partial charge in [0.2, 0.25) is 0 Å². The monoisotopic (exact) mass is 490 g/mol. The van der Waals surface area contributed by atoms with E-state index >= 15 is 0 Å². The molecule has 1 atom stereocenters. The second-order valence-corrected chi connectivity index (χ2v) is 9.38. The van der Waals surface area contributed by atoms with E-state index in [1.807, 2.05) is 24.3 Å². The number of anilines is 1. The lowest BCUT2D eigenvalue weighted by Crippen LogP contribution is -2.27. The van der Waals surface area contributed by atoms with E-state index in [2.05, 4.69) is 4.98 Å². The Kier molecular flexibility index (Phi) is 5.56. The van der Waals surface area contributed by atoms with Gasteiger partial charge in [0.25, 0.3) is 17.3 Å². The first kappa shape index (κ1) is 21.7. The molecule has 1 fully saturated rings. The summed E-state index contributed by atoms with van der Waals surface area (Å²) in [5, 5.41) is 22.8. The van der Waals surface area contributed by atoms with Gasteiger partial charge in [-0.15, -0.1) is 0 Å². The molecule has 0 radical (unpaired) electrons. The van der Waals surface area contributed by atoms with Crippen molar-refractivity contribution in [2.75, 3.05) is 4.90 Å². The molecule has 1 unspecified atom stereocenters. The Bertz CT molecular complexity index is 1470. The molecule has 0 saturated carbocycles. The number of aromatic nitrogens is 1. The van der Waals surface area contributed by atoms with Crippen LogP contribution >= 0.6 is 23.1 Å². The maximum Gasteiger partial charge on any atom is 0.276 e. The summed E-state index contributed by atoms with van der Waals surface area (Å²) in [6.07, 6.45) is 1.46. The third-order valence-corrected chi connectivity index (χ3v) is 7.48. The number of amides is 1. The summed E-state index contributed by atoms with van der Waals surface area (Å²) >= 11 is 2.41. The highest BCUT2D eigenvalue weighted by Gasteiger charge is 2.42. The first-order chi connectivity index (χ1) is 16.4. The Labute approximate surface area is 200 Å². The van der Waals surface area contributed by atoms with Crippen LogP contribution in [0, 0.1) is 20.2 Å². The number of nitro groups is 2. The van der Waals surface area contributed by atoms with Gasteiger partial charge in [-0.05, 0) is 30.3 Å². The molecule has 2 heterocycles. The highest BCUT2D eigenvalue weighted by Crippen LogP contribution is 2.51. The lowest BCUT2D eigenvalue weighted by molar-refractivity contribution is -0.385. The summed E-state index contributed by atoms with van der Waals surface area (Å²) < 4.78 is 0.868. The smallest absolute Gasteiger partial charge is 0.268 e. The molecule has 4 aromatic rings. The maximum atomic E-state index is 13.6. The molecule has 168 valence electrons. The average Bonchev–Trinajstić information content (AvgIpc) is 3.40. The first-order valence-corrected chi connectivity index (χ1v) is 11.7. The Morgan fingerprint density at radius 1 is 0.882 bits per heavy atom. The summed E-state index contributed by atoms with van der Waals surface area (Å²) in [5.41, 5.74) is 1.07. The molecule has 0 aliphatic carbocycles. The molecule has 1 aromatic heterocycles. The van der Waals surface area contributed by atoms with Crippen LogP contribution in [0.4, 0.5) is 16.5 Å². The van der Waals surface area contributed by atoms with Crippen molar-refractivity contribution in [1.29, 1.82) is 0 Å². The second-order valence-electron chi connectivity index (χ2n) is 7.25. The van der Waals surface area contributed by atoms with E-state index in [4.69, 9.17) is 0 Å². The molecular formula is C23H14N4O5S2. The number of thioether (sulfide) groups is 1. The van der Waals surface area contributed by atoms with Crippen molar-refractivity contribution in [1.82, 2.24) is 4.98 Å². The Balaban J connectivity index is 1.67. The molecular weight excluding hydrogens is 476 g/mol. The van der Waals surface area contributed by atoms with Crippen LogP contribution in [0.15, 0.2) is 77.7 Å². The molecule has 9 nitrogen and oxygen atoms in total. The standard InChI is InChI=1S/C23H14N4O5S2/c28-21-20(13-14-7-1-4-10-17(14)26(29)30)33-22(15-8-2-5-11-18(15)27(31)32)25(21)23-24-16-9-3-6-12-19(16)34-23/h1-13,22H/b20-13-. The normalized spacial score (nSPS) is 16.9. The fourth-order valence-corrected chi connectivity index (χ4v) is 6.00. The Hall–Kier alpha value is -4.09. The van der Waals surface area contributed by atoms with E-state index in [-0.39, 0.29) is 21.8 Å². The number of carbonyl (C=O) groups is 1. The lowest BCUT2D eigenvalue weighted by Gasteiger charge is -2.20. The van der Waals surface area contributed by atoms with Crippen molar-refractivity contribution in [2.24, 2.45) is 0 Å². The van der Waals surface area contributed by atoms with Gasteiger partial charge in [-0.25, -0.2) is 4.98 Å². The largest absolute Gasteiger partial charge is 0.276 e. The molecule has 3 aromatic carbocycles. The van der Waals surface area contributed by atoms with Gasteiger partial charge in [0.1, 0.15) is 5.37 Å². The van der Waals surface area contributed by atoms with Crippen LogP contribution in [-0.2, 0) is 4.79 Å². The second kappa shape index (κ2) is 8.69. The Morgan fingerprint density at radius 3 is 2.26 bits per heavy atom. The predicted molar refractivity (Wildman–Crippen MR) is 132 cm³/mol. The SMILES string of the molecule is O=C1/C(=C/c2ccccc2[N+](=O)[O-])SC(c2ccccc2[N+](=O)[O-])N1c1nc2ccccc2s1. The zero-order chi connectivity index (χ0) is 23.8. The van der Waals surface area contributed by atoms with Gasteiger partial charge in [0.15, 0.2) is 5.13 Å². The molecule has 0 bridgehead atoms. The van der Waals surface area contributed by atoms with Crippen LogP contribution in [0.25, 0.3) is 16.3 Å². The van der Waals surface area contributed by atoms with Crippen molar-refractivity contribution in [3.63, 3.8) is 0 Å². The minimum Gasteiger partial charge on any atom is -0.268 e. The molecule has 34 heavy (non-hydrogen) atoms. The average molecular weight is 491 g/mol. The minimum absolute atomic E-state index is 0.120. The molecule has 1 aliphatic heterocycles. The number of para-hydroxylation sites is 3. The number of benzene rings is 3. The van der Waals surface area contributed by atoms with E-state index < -0.39 is 21.1 Å². The van der Waals surface area contributed by atoms with Crippen molar-refractivity contribution >= 4 is 61.8 Å². The topological polar surface area (TPSA) is 119 Å². The lowest BCUT2D eigenvalue weighted by atomic mass is 10.1. The summed E-state index contributed by atoms with van der Waals surface area (Å²) in [6.45, 7) is 0. The van der Waals surface area contributed by atoms with Gasteiger partial charge >= 0.3 is 0 Å². The van der Waals surface area contributed by atoms with Crippen LogP contribution < -0.4 is 4.90 Å². The van der Waals surface area contributed by atoms with Gasteiger partial charge in [-0.2, -0.15) is 0 Å². The Morgan fingerprint density at radius 2 is 1.53 bits per heavy atom. The number of hydrogen-bond donors (Lipinski definition) is 0. The van der Waals surface area contributed by atoms with Crippen LogP contribution in [0.5, 0.6) is 0 Å². The number of fused-ring (bicyclic) bond motifs is 1. The number of rotatable bonds is 5. The molecule has 0 spiro atoms. The summed E-state index contributed by atoms with van der Waals surface area (Å²) in [4.78, 5) is 42.0. The predicted octanol–water partition coefficient (Wildman–Crippen LogP) is 5.93. The zero-order valence-electron chi connectivity index (χ0n) is 17.2. The quantitative estimate of drug-likeness (QED) is 0.193. The first-order valence-electron chi connectivity index (χ1n) is 9.98. The number of carbonyl (C=O) groups excluding carboxylic acids is 1. The van der Waals surface area contributed by atoms with E-state index in [0.717, 1.165) is 16.5 Å². The molecule has 1 saturated heterocycles. The van der Waals surface area contributed by atoms with Crippen LogP contribution in [0.3, 0.4) is 0 Å². The number of nitrogens with zero attached hydrogens (tertiary/aromatic N) is 4. The fourth-order valence-electron chi connectivity index (χ4n) is 3.68. The third-order valence-electron chi connectivity index (χ3n) is 5.21. The summed E-state index contributed by atoms with van der Waals surface area (Å²) in [6, 6.07) is 19.8. The van der Waals surface area contributed by atoms with Gasteiger partial charge in [0.05, 0.1) is 36.1 Å². The van der Waals surface area contributed by atoms with Gasteiger partial charge in [0, 0.05) is 12.1 Å². The van der Waals surface area contributed by atoms with E-state index in [9.17, 15) is 25.0 Å². The third kappa shape index (κ3) is 3.80. The van der Waals surface area contributed by atoms with Gasteiger partial charge < -0.3 is 0 Å². The zero-order valence-corrected chi connectivity index (χ0v) is 18.9. The van der Waals surface area contributed by atoms with Crippen molar-refractivity contribution in [3.05, 3.63) is 109 Å². The van der Waals surface area contributed by atoms with E-state index in [1.54, 1.807) is 36.4 Å². The number of hydrogen-bond acceptors (Lipinski definition) is 8. The highest BCUT2D eigenvalue weighted by atomic mass is 32.2. The van der Waals surface area contributed by atoms with Crippen LogP contribution in [-0.4, -0.2) is 20.7 Å². The minimum atomic E-state index is -0.760. The molecule has 5 rings (SSSR count). The summed E-state index contributed by atoms with van der Waals surface area (Å²) in [5.74, 6) is -0.426. The van der Waals surface area contributed by atoms with E-state index in [0.29, 0.717) is 16.2 Å². The molecule has 1 amide bonds. The van der Waals surface area contributed by atoms with Crippen molar-refractivity contribution in [2.45, 2.75) is 5.37 Å². The molecule has 1 aliphatic rings. The van der Waals surface area contributed by atoms with Gasteiger partial charge in [-0.3, -0.25) is 29.9 Å². The molecule has 0 N–H and O–H groups in total. The maximum absolute atomic E-state index is 13.6.